The van der Waals surface area contributed by atoms with Crippen LogP contribution in [0.3, 0.4) is 0 Å². The summed E-state index contributed by atoms with van der Waals surface area (Å²) < 4.78 is 29.1. The maximum Gasteiger partial charge on any atom is 0.387 e. The number of para-hydroxylation sites is 2. The first kappa shape index (κ1) is 15.3. The predicted octanol–water partition coefficient (Wildman–Crippen LogP) is 4.89. The highest BCUT2D eigenvalue weighted by molar-refractivity contribution is 5.56. The van der Waals surface area contributed by atoms with E-state index in [0.29, 0.717) is 18.2 Å². The zero-order valence-corrected chi connectivity index (χ0v) is 11.9. The Kier molecular flexibility index (Phi) is 5.55. The van der Waals surface area contributed by atoms with Gasteiger partial charge in [0.05, 0.1) is 5.69 Å². The molecule has 0 aliphatic heterocycles. The van der Waals surface area contributed by atoms with Crippen LogP contribution < -0.4 is 10.1 Å². The molecule has 0 saturated carbocycles. The summed E-state index contributed by atoms with van der Waals surface area (Å²) in [6.45, 7) is 0.0364. The van der Waals surface area contributed by atoms with E-state index in [1.54, 1.807) is 18.2 Å². The van der Waals surface area contributed by atoms with Gasteiger partial charge in [-0.25, -0.2) is 0 Å². The molecule has 2 rings (SSSR count). The Labute approximate surface area is 123 Å². The summed E-state index contributed by atoms with van der Waals surface area (Å²) >= 11 is 0. The van der Waals surface area contributed by atoms with Gasteiger partial charge in [0.2, 0.25) is 0 Å². The standard InChI is InChI=1S/C17H19F2NO/c1-13(14-7-3-2-4-8-14)11-12-20-15-9-5-6-10-16(15)21-17(18)19/h2-10,13,17,20H,11-12H2,1H3. The summed E-state index contributed by atoms with van der Waals surface area (Å²) in [5.74, 6) is 0.585. The third-order valence-corrected chi connectivity index (χ3v) is 3.36. The second-order valence-electron chi connectivity index (χ2n) is 4.90. The van der Waals surface area contributed by atoms with Crippen molar-refractivity contribution >= 4 is 5.69 Å². The molecule has 0 aliphatic rings. The molecular formula is C17H19F2NO. The van der Waals surface area contributed by atoms with E-state index in [0.717, 1.165) is 6.42 Å². The smallest absolute Gasteiger partial charge is 0.387 e. The number of hydrogen-bond donors (Lipinski definition) is 1. The summed E-state index contributed by atoms with van der Waals surface area (Å²) in [4.78, 5) is 0. The van der Waals surface area contributed by atoms with E-state index in [-0.39, 0.29) is 5.75 Å². The van der Waals surface area contributed by atoms with Crippen LogP contribution in [0.2, 0.25) is 0 Å². The third kappa shape index (κ3) is 4.74. The summed E-state index contributed by atoms with van der Waals surface area (Å²) in [5, 5.41) is 3.16. The van der Waals surface area contributed by atoms with Gasteiger partial charge < -0.3 is 10.1 Å². The average molecular weight is 291 g/mol. The molecule has 0 radical (unpaired) electrons. The molecular weight excluding hydrogens is 272 g/mol. The molecule has 2 aromatic carbocycles. The number of halogens is 2. The molecule has 1 atom stereocenters. The highest BCUT2D eigenvalue weighted by Gasteiger charge is 2.09. The molecule has 0 bridgehead atoms. The van der Waals surface area contributed by atoms with Crippen molar-refractivity contribution in [2.75, 3.05) is 11.9 Å². The third-order valence-electron chi connectivity index (χ3n) is 3.36. The molecule has 1 unspecified atom stereocenters. The fourth-order valence-electron chi connectivity index (χ4n) is 2.18. The first-order valence-electron chi connectivity index (χ1n) is 6.99. The van der Waals surface area contributed by atoms with Crippen molar-refractivity contribution in [3.63, 3.8) is 0 Å². The van der Waals surface area contributed by atoms with Gasteiger partial charge in [0.1, 0.15) is 5.75 Å². The molecule has 0 spiro atoms. The van der Waals surface area contributed by atoms with Crippen molar-refractivity contribution < 1.29 is 13.5 Å². The fourth-order valence-corrected chi connectivity index (χ4v) is 2.18. The lowest BCUT2D eigenvalue weighted by Crippen LogP contribution is -2.09. The van der Waals surface area contributed by atoms with Crippen LogP contribution in [-0.2, 0) is 0 Å². The molecule has 4 heteroatoms. The van der Waals surface area contributed by atoms with Crippen LogP contribution >= 0.6 is 0 Å². The summed E-state index contributed by atoms with van der Waals surface area (Å²) in [5.41, 5.74) is 1.87. The van der Waals surface area contributed by atoms with Gasteiger partial charge in [-0.05, 0) is 30.0 Å². The molecule has 21 heavy (non-hydrogen) atoms. The highest BCUT2D eigenvalue weighted by atomic mass is 19.3. The number of anilines is 1. The lowest BCUT2D eigenvalue weighted by atomic mass is 9.98. The van der Waals surface area contributed by atoms with Gasteiger partial charge >= 0.3 is 6.61 Å². The van der Waals surface area contributed by atoms with E-state index in [1.807, 2.05) is 18.2 Å². The number of nitrogens with one attached hydrogen (secondary N) is 1. The van der Waals surface area contributed by atoms with Crippen molar-refractivity contribution in [3.8, 4) is 5.75 Å². The van der Waals surface area contributed by atoms with Crippen molar-refractivity contribution in [3.05, 3.63) is 60.2 Å². The van der Waals surface area contributed by atoms with Crippen LogP contribution in [0, 0.1) is 0 Å². The number of benzene rings is 2. The van der Waals surface area contributed by atoms with E-state index >= 15 is 0 Å². The summed E-state index contributed by atoms with van der Waals surface area (Å²) in [7, 11) is 0. The fraction of sp³-hybridized carbons (Fsp3) is 0.294. The Balaban J connectivity index is 1.89. The normalized spacial score (nSPS) is 12.2. The molecule has 2 aromatic rings. The van der Waals surface area contributed by atoms with Gasteiger partial charge in [0.15, 0.2) is 0 Å². The summed E-state index contributed by atoms with van der Waals surface area (Å²) in [6.07, 6.45) is 0.910. The second kappa shape index (κ2) is 7.62. The van der Waals surface area contributed by atoms with Crippen molar-refractivity contribution in [2.45, 2.75) is 25.9 Å². The van der Waals surface area contributed by atoms with E-state index in [2.05, 4.69) is 29.1 Å². The maximum absolute atomic E-state index is 12.3. The Morgan fingerprint density at radius 1 is 1.00 bits per heavy atom. The monoisotopic (exact) mass is 291 g/mol. The van der Waals surface area contributed by atoms with Gasteiger partial charge in [-0.2, -0.15) is 8.78 Å². The topological polar surface area (TPSA) is 21.3 Å². The quantitative estimate of drug-likeness (QED) is 0.784. The first-order chi connectivity index (χ1) is 10.2. The van der Waals surface area contributed by atoms with Crippen molar-refractivity contribution in [2.24, 2.45) is 0 Å². The Morgan fingerprint density at radius 3 is 2.38 bits per heavy atom. The lowest BCUT2D eigenvalue weighted by Gasteiger charge is -2.15. The van der Waals surface area contributed by atoms with Crippen molar-refractivity contribution in [1.29, 1.82) is 0 Å². The lowest BCUT2D eigenvalue weighted by molar-refractivity contribution is -0.0493. The van der Waals surface area contributed by atoms with E-state index < -0.39 is 6.61 Å². The first-order valence-corrected chi connectivity index (χ1v) is 6.99. The Morgan fingerprint density at radius 2 is 1.67 bits per heavy atom. The molecule has 1 N–H and O–H groups in total. The van der Waals surface area contributed by atoms with E-state index in [1.165, 1.54) is 11.6 Å². The minimum absolute atomic E-state index is 0.180. The van der Waals surface area contributed by atoms with E-state index in [4.69, 9.17) is 0 Å². The largest absolute Gasteiger partial charge is 0.433 e. The van der Waals surface area contributed by atoms with Crippen LogP contribution in [0.5, 0.6) is 5.75 Å². The van der Waals surface area contributed by atoms with Crippen LogP contribution in [0.4, 0.5) is 14.5 Å². The number of alkyl halides is 2. The number of ether oxygens (including phenoxy) is 1. The summed E-state index contributed by atoms with van der Waals surface area (Å²) in [6, 6.07) is 17.0. The van der Waals surface area contributed by atoms with Crippen LogP contribution in [0.15, 0.2) is 54.6 Å². The number of rotatable bonds is 7. The predicted molar refractivity (Wildman–Crippen MR) is 81.0 cm³/mol. The molecule has 0 amide bonds. The number of hydrogen-bond acceptors (Lipinski definition) is 2. The molecule has 112 valence electrons. The zero-order valence-electron chi connectivity index (χ0n) is 11.9. The van der Waals surface area contributed by atoms with Gasteiger partial charge in [-0.1, -0.05) is 49.4 Å². The van der Waals surface area contributed by atoms with Crippen LogP contribution in [0.1, 0.15) is 24.8 Å². The van der Waals surface area contributed by atoms with Gasteiger partial charge in [-0.3, -0.25) is 0 Å². The molecule has 0 saturated heterocycles. The van der Waals surface area contributed by atoms with Crippen molar-refractivity contribution in [1.82, 2.24) is 0 Å². The maximum atomic E-state index is 12.3. The molecule has 0 aromatic heterocycles. The van der Waals surface area contributed by atoms with Gasteiger partial charge in [-0.15, -0.1) is 0 Å². The second-order valence-corrected chi connectivity index (χ2v) is 4.90. The van der Waals surface area contributed by atoms with E-state index in [9.17, 15) is 8.78 Å². The SMILES string of the molecule is CC(CCNc1ccccc1OC(F)F)c1ccccc1. The van der Waals surface area contributed by atoms with Gasteiger partial charge in [0, 0.05) is 6.54 Å². The molecule has 2 nitrogen and oxygen atoms in total. The van der Waals surface area contributed by atoms with Crippen LogP contribution in [-0.4, -0.2) is 13.2 Å². The molecule has 0 fully saturated rings. The Hall–Kier alpha value is -2.10. The average Bonchev–Trinajstić information content (AvgIpc) is 2.49. The highest BCUT2D eigenvalue weighted by Crippen LogP contribution is 2.26. The molecule has 0 aliphatic carbocycles. The minimum atomic E-state index is -2.81. The van der Waals surface area contributed by atoms with Gasteiger partial charge in [0.25, 0.3) is 0 Å². The molecule has 0 heterocycles. The minimum Gasteiger partial charge on any atom is -0.433 e. The van der Waals surface area contributed by atoms with Crippen LogP contribution in [0.25, 0.3) is 0 Å². The zero-order chi connectivity index (χ0) is 15.1. The Bertz CT molecular complexity index is 545.